The lowest BCUT2D eigenvalue weighted by atomic mass is 9.82. The number of aromatic amines is 1. The molecule has 14 heteroatoms. The second-order valence-electron chi connectivity index (χ2n) is 9.07. The van der Waals surface area contributed by atoms with Crippen LogP contribution in [0, 0.1) is 5.82 Å². The number of likely N-dealkylation sites (tertiary alicyclic amines) is 1. The Bertz CT molecular complexity index is 1530. The Labute approximate surface area is 220 Å². The highest BCUT2D eigenvalue weighted by atomic mass is 32.2. The normalized spacial score (nSPS) is 17.7. The van der Waals surface area contributed by atoms with E-state index in [4.69, 9.17) is 4.18 Å². The Morgan fingerprint density at radius 2 is 1.87 bits per heavy atom. The molecule has 0 saturated carbocycles. The molecule has 4 rings (SSSR count). The minimum absolute atomic E-state index is 0.0118. The number of halogens is 4. The fourth-order valence-electron chi connectivity index (χ4n) is 4.76. The molecule has 208 valence electrons. The molecule has 1 fully saturated rings. The van der Waals surface area contributed by atoms with E-state index in [1.54, 1.807) is 0 Å². The molecule has 0 radical (unpaired) electrons. The fourth-order valence-corrected chi connectivity index (χ4v) is 5.40. The van der Waals surface area contributed by atoms with E-state index in [-0.39, 0.29) is 24.1 Å². The molecule has 2 heterocycles. The van der Waals surface area contributed by atoms with Gasteiger partial charge in [-0.15, -0.1) is 0 Å². The van der Waals surface area contributed by atoms with Crippen molar-refractivity contribution < 1.29 is 40.1 Å². The van der Waals surface area contributed by atoms with Gasteiger partial charge in [-0.1, -0.05) is 30.3 Å². The van der Waals surface area contributed by atoms with Crippen molar-refractivity contribution in [2.75, 3.05) is 12.8 Å². The lowest BCUT2D eigenvalue weighted by Crippen LogP contribution is -2.48. The molecule has 39 heavy (non-hydrogen) atoms. The van der Waals surface area contributed by atoms with Crippen molar-refractivity contribution >= 4 is 16.0 Å². The predicted octanol–water partition coefficient (Wildman–Crippen LogP) is 3.41. The molecule has 0 spiro atoms. The number of carbonyl (C=O) groups excluding carboxylic acids is 1. The maximum atomic E-state index is 13.8. The summed E-state index contributed by atoms with van der Waals surface area (Å²) in [6.45, 7) is 0.0443. The van der Waals surface area contributed by atoms with Gasteiger partial charge in [0.25, 0.3) is 21.5 Å². The van der Waals surface area contributed by atoms with Crippen LogP contribution in [-0.2, 0) is 20.5 Å². The summed E-state index contributed by atoms with van der Waals surface area (Å²) >= 11 is 0. The lowest BCUT2D eigenvalue weighted by Gasteiger charge is -2.36. The first-order valence-electron chi connectivity index (χ1n) is 11.6. The molecule has 1 aromatic heterocycles. The summed E-state index contributed by atoms with van der Waals surface area (Å²) in [7, 11) is -4.25. The molecule has 1 aliphatic rings. The zero-order chi connectivity index (χ0) is 28.5. The van der Waals surface area contributed by atoms with Crippen LogP contribution >= 0.6 is 0 Å². The molecule has 0 unspecified atom stereocenters. The van der Waals surface area contributed by atoms with Gasteiger partial charge < -0.3 is 10.0 Å². The minimum atomic E-state index is -4.71. The Hall–Kier alpha value is -3.78. The van der Waals surface area contributed by atoms with Gasteiger partial charge in [-0.2, -0.15) is 26.7 Å². The Morgan fingerprint density at radius 3 is 2.51 bits per heavy atom. The SMILES string of the molecule is CS(=O)(=O)O[C@H]([C@@H](c1ccc(F)cc1)c1cccc(C(F)(F)F)c1)[C@H]1CCCN1C(=O)c1n[nH]cc(O)c1=O. The predicted molar refractivity (Wildman–Crippen MR) is 130 cm³/mol. The van der Waals surface area contributed by atoms with Crippen molar-refractivity contribution in [2.45, 2.75) is 37.1 Å². The van der Waals surface area contributed by atoms with Crippen LogP contribution < -0.4 is 5.43 Å². The summed E-state index contributed by atoms with van der Waals surface area (Å²) in [6.07, 6.45) is -4.04. The van der Waals surface area contributed by atoms with Gasteiger partial charge in [-0.25, -0.2) is 4.39 Å². The number of aromatic hydroxyl groups is 1. The standard InChI is InChI=1S/C25H23F4N3O6S/c1-39(36,37)38-23(18-6-3-11-32(18)24(35)21-22(34)19(33)13-30-31-21)20(14-7-9-17(26)10-8-14)15-4-2-5-16(12-15)25(27,28)29/h2,4-5,7-10,12-13,18,20,23H,3,6,11H2,1H3,(H,30,34)(H,31,33)/t18-,20+,23+/m1/s1. The van der Waals surface area contributed by atoms with Crippen molar-refractivity contribution in [3.05, 3.63) is 93.2 Å². The van der Waals surface area contributed by atoms with Gasteiger partial charge in [0.2, 0.25) is 0 Å². The third-order valence-electron chi connectivity index (χ3n) is 6.38. The molecule has 3 aromatic rings. The Kier molecular flexibility index (Phi) is 7.80. The van der Waals surface area contributed by atoms with Crippen molar-refractivity contribution in [1.29, 1.82) is 0 Å². The molecule has 9 nitrogen and oxygen atoms in total. The van der Waals surface area contributed by atoms with Crippen molar-refractivity contribution in [3.63, 3.8) is 0 Å². The van der Waals surface area contributed by atoms with Crippen LogP contribution in [0.1, 0.15) is 45.9 Å². The molecule has 1 aliphatic heterocycles. The molecule has 1 amide bonds. The van der Waals surface area contributed by atoms with E-state index in [9.17, 15) is 40.7 Å². The highest BCUT2D eigenvalue weighted by Crippen LogP contribution is 2.39. The van der Waals surface area contributed by atoms with Crippen LogP contribution in [0.5, 0.6) is 5.75 Å². The van der Waals surface area contributed by atoms with Gasteiger partial charge >= 0.3 is 6.18 Å². The van der Waals surface area contributed by atoms with Gasteiger partial charge in [0.15, 0.2) is 11.4 Å². The number of rotatable bonds is 7. The van der Waals surface area contributed by atoms with Crippen molar-refractivity contribution in [1.82, 2.24) is 15.1 Å². The molecule has 2 aromatic carbocycles. The van der Waals surface area contributed by atoms with E-state index < -0.39 is 68.5 Å². The van der Waals surface area contributed by atoms with Crippen LogP contribution in [-0.4, -0.2) is 59.5 Å². The van der Waals surface area contributed by atoms with Crippen molar-refractivity contribution in [3.8, 4) is 5.75 Å². The topological polar surface area (TPSA) is 130 Å². The molecule has 0 aliphatic carbocycles. The first-order valence-corrected chi connectivity index (χ1v) is 13.5. The van der Waals surface area contributed by atoms with E-state index in [0.717, 1.165) is 47.7 Å². The van der Waals surface area contributed by atoms with Crippen LogP contribution in [0.2, 0.25) is 0 Å². The summed E-state index contributed by atoms with van der Waals surface area (Å²) in [5.74, 6) is -3.54. The molecule has 0 bridgehead atoms. The highest BCUT2D eigenvalue weighted by Gasteiger charge is 2.44. The number of carbonyl (C=O) groups is 1. The molecule has 2 N–H and O–H groups in total. The zero-order valence-electron chi connectivity index (χ0n) is 20.4. The molecular formula is C25H23F4N3O6S. The number of H-pyrrole nitrogens is 1. The smallest absolute Gasteiger partial charge is 0.416 e. The third kappa shape index (κ3) is 6.28. The van der Waals surface area contributed by atoms with Crippen LogP contribution in [0.4, 0.5) is 17.6 Å². The van der Waals surface area contributed by atoms with Crippen LogP contribution in [0.3, 0.4) is 0 Å². The Morgan fingerprint density at radius 1 is 1.18 bits per heavy atom. The summed E-state index contributed by atoms with van der Waals surface area (Å²) in [6, 6.07) is 7.87. The largest absolute Gasteiger partial charge is 0.503 e. The number of amides is 1. The van der Waals surface area contributed by atoms with E-state index in [1.165, 1.54) is 18.2 Å². The van der Waals surface area contributed by atoms with Gasteiger partial charge in [0.1, 0.15) is 11.9 Å². The number of hydrogen-bond acceptors (Lipinski definition) is 7. The molecular weight excluding hydrogens is 546 g/mol. The van der Waals surface area contributed by atoms with E-state index >= 15 is 0 Å². The number of nitrogens with zero attached hydrogens (tertiary/aromatic N) is 2. The average Bonchev–Trinajstić information content (AvgIpc) is 3.35. The number of benzene rings is 2. The fraction of sp³-hybridized carbons (Fsp3) is 0.320. The minimum Gasteiger partial charge on any atom is -0.503 e. The maximum absolute atomic E-state index is 13.8. The number of nitrogens with one attached hydrogen (secondary N) is 1. The van der Waals surface area contributed by atoms with Gasteiger partial charge in [0.05, 0.1) is 24.1 Å². The van der Waals surface area contributed by atoms with Crippen LogP contribution in [0.15, 0.2) is 59.5 Å². The molecule has 3 atom stereocenters. The maximum Gasteiger partial charge on any atom is 0.416 e. The highest BCUT2D eigenvalue weighted by molar-refractivity contribution is 7.86. The molecule has 1 saturated heterocycles. The van der Waals surface area contributed by atoms with E-state index in [1.807, 2.05) is 0 Å². The van der Waals surface area contributed by atoms with E-state index in [2.05, 4.69) is 10.2 Å². The summed E-state index contributed by atoms with van der Waals surface area (Å²) in [5, 5.41) is 15.6. The number of hydrogen-bond donors (Lipinski definition) is 2. The van der Waals surface area contributed by atoms with E-state index in [0.29, 0.717) is 6.42 Å². The first-order chi connectivity index (χ1) is 18.3. The third-order valence-corrected chi connectivity index (χ3v) is 6.96. The zero-order valence-corrected chi connectivity index (χ0v) is 21.2. The van der Waals surface area contributed by atoms with Gasteiger partial charge in [-0.05, 0) is 42.2 Å². The van der Waals surface area contributed by atoms with Gasteiger partial charge in [0, 0.05) is 12.5 Å². The first kappa shape index (κ1) is 28.2. The quantitative estimate of drug-likeness (QED) is 0.330. The lowest BCUT2D eigenvalue weighted by molar-refractivity contribution is -0.137. The number of aromatic nitrogens is 2. The Balaban J connectivity index is 1.88. The average molecular weight is 570 g/mol. The van der Waals surface area contributed by atoms with Gasteiger partial charge in [-0.3, -0.25) is 18.9 Å². The second-order valence-corrected chi connectivity index (χ2v) is 10.7. The monoisotopic (exact) mass is 569 g/mol. The summed E-state index contributed by atoms with van der Waals surface area (Å²) in [5.41, 5.74) is -2.47. The summed E-state index contributed by atoms with van der Waals surface area (Å²) < 4.78 is 84.9. The van der Waals surface area contributed by atoms with Crippen LogP contribution in [0.25, 0.3) is 0 Å². The number of alkyl halides is 3. The summed E-state index contributed by atoms with van der Waals surface area (Å²) in [4.78, 5) is 26.9. The van der Waals surface area contributed by atoms with Crippen molar-refractivity contribution in [2.24, 2.45) is 0 Å². The second kappa shape index (κ2) is 10.8.